The maximum absolute atomic E-state index is 12.1. The molecule has 25 heavy (non-hydrogen) atoms. The van der Waals surface area contributed by atoms with Crippen molar-refractivity contribution in [3.8, 4) is 0 Å². The van der Waals surface area contributed by atoms with Gasteiger partial charge in [0.05, 0.1) is 11.3 Å². The highest BCUT2D eigenvalue weighted by Crippen LogP contribution is 2.22. The number of benzene rings is 2. The van der Waals surface area contributed by atoms with E-state index in [9.17, 15) is 14.9 Å². The first kappa shape index (κ1) is 17.0. The van der Waals surface area contributed by atoms with Crippen molar-refractivity contribution in [3.63, 3.8) is 0 Å². The Morgan fingerprint density at radius 3 is 2.24 bits per heavy atom. The van der Waals surface area contributed by atoms with E-state index < -0.39 is 4.92 Å². The quantitative estimate of drug-likeness (QED) is 0.665. The van der Waals surface area contributed by atoms with E-state index in [1.165, 1.54) is 37.1 Å². The van der Waals surface area contributed by atoms with E-state index in [-0.39, 0.29) is 18.0 Å². The number of nitro benzene ring substituents is 1. The molecule has 130 valence electrons. The molecule has 1 fully saturated rings. The van der Waals surface area contributed by atoms with Crippen molar-refractivity contribution in [2.45, 2.75) is 25.7 Å². The van der Waals surface area contributed by atoms with E-state index in [1.54, 1.807) is 12.1 Å². The Balaban J connectivity index is 1.56. The molecule has 1 saturated heterocycles. The van der Waals surface area contributed by atoms with Gasteiger partial charge in [-0.1, -0.05) is 12.1 Å². The normalized spacial score (nSPS) is 14.2. The molecule has 1 aliphatic heterocycles. The summed E-state index contributed by atoms with van der Waals surface area (Å²) in [6.45, 7) is 2.18. The number of amides is 1. The minimum absolute atomic E-state index is 0.0254. The van der Waals surface area contributed by atoms with Gasteiger partial charge in [0.1, 0.15) is 0 Å². The fourth-order valence-corrected chi connectivity index (χ4v) is 3.03. The number of nitro groups is 1. The molecule has 0 atom stereocenters. The van der Waals surface area contributed by atoms with Crippen LogP contribution in [0.3, 0.4) is 0 Å². The summed E-state index contributed by atoms with van der Waals surface area (Å²) in [6, 6.07) is 13.9. The number of non-ortho nitro benzene ring substituents is 1. The average molecular weight is 339 g/mol. The van der Waals surface area contributed by atoms with Crippen molar-refractivity contribution in [2.24, 2.45) is 0 Å². The Bertz CT molecular complexity index is 736. The molecule has 0 unspecified atom stereocenters. The summed E-state index contributed by atoms with van der Waals surface area (Å²) < 4.78 is 0. The highest BCUT2D eigenvalue weighted by molar-refractivity contribution is 5.92. The zero-order valence-electron chi connectivity index (χ0n) is 14.0. The van der Waals surface area contributed by atoms with E-state index in [4.69, 9.17) is 0 Å². The first-order valence-electron chi connectivity index (χ1n) is 8.50. The Labute approximate surface area is 146 Å². The number of piperidine rings is 1. The Morgan fingerprint density at radius 1 is 1.00 bits per heavy atom. The van der Waals surface area contributed by atoms with Gasteiger partial charge in [0, 0.05) is 36.6 Å². The molecular weight excluding hydrogens is 318 g/mol. The molecular formula is C19H21N3O3. The van der Waals surface area contributed by atoms with Crippen LogP contribution >= 0.6 is 0 Å². The second-order valence-corrected chi connectivity index (χ2v) is 6.24. The minimum atomic E-state index is -0.451. The molecule has 2 aromatic rings. The molecule has 1 amide bonds. The van der Waals surface area contributed by atoms with Crippen molar-refractivity contribution < 1.29 is 9.72 Å². The van der Waals surface area contributed by atoms with Crippen LogP contribution in [0.1, 0.15) is 24.8 Å². The lowest BCUT2D eigenvalue weighted by atomic mass is 10.1. The van der Waals surface area contributed by atoms with Crippen molar-refractivity contribution >= 4 is 23.0 Å². The summed E-state index contributed by atoms with van der Waals surface area (Å²) in [5.74, 6) is -0.139. The Hall–Kier alpha value is -2.89. The van der Waals surface area contributed by atoms with E-state index in [0.717, 1.165) is 24.3 Å². The topological polar surface area (TPSA) is 75.5 Å². The van der Waals surface area contributed by atoms with Crippen LogP contribution in [0, 0.1) is 10.1 Å². The van der Waals surface area contributed by atoms with Gasteiger partial charge in [-0.3, -0.25) is 14.9 Å². The van der Waals surface area contributed by atoms with Gasteiger partial charge >= 0.3 is 0 Å². The van der Waals surface area contributed by atoms with E-state index in [1.807, 2.05) is 24.3 Å². The Morgan fingerprint density at radius 2 is 1.64 bits per heavy atom. The lowest BCUT2D eigenvalue weighted by molar-refractivity contribution is -0.384. The first-order chi connectivity index (χ1) is 12.1. The lowest BCUT2D eigenvalue weighted by Crippen LogP contribution is -2.29. The smallest absolute Gasteiger partial charge is 0.269 e. The number of anilines is 2. The predicted molar refractivity (Wildman–Crippen MR) is 97.9 cm³/mol. The van der Waals surface area contributed by atoms with Crippen molar-refractivity contribution in [1.82, 2.24) is 0 Å². The van der Waals surface area contributed by atoms with Gasteiger partial charge in [-0.05, 0) is 49.1 Å². The monoisotopic (exact) mass is 339 g/mol. The summed E-state index contributed by atoms with van der Waals surface area (Å²) in [6.07, 6.45) is 3.95. The van der Waals surface area contributed by atoms with Crippen LogP contribution in [0.15, 0.2) is 48.5 Å². The predicted octanol–water partition coefficient (Wildman–Crippen LogP) is 3.77. The summed E-state index contributed by atoms with van der Waals surface area (Å²) >= 11 is 0. The molecule has 0 aliphatic carbocycles. The number of carbonyl (C=O) groups excluding carboxylic acids is 1. The Kier molecular flexibility index (Phi) is 5.28. The first-order valence-corrected chi connectivity index (χ1v) is 8.50. The summed E-state index contributed by atoms with van der Waals surface area (Å²) in [4.78, 5) is 24.7. The van der Waals surface area contributed by atoms with E-state index in [2.05, 4.69) is 10.2 Å². The van der Waals surface area contributed by atoms with Crippen molar-refractivity contribution in [2.75, 3.05) is 23.3 Å². The lowest BCUT2D eigenvalue weighted by Gasteiger charge is -2.28. The molecule has 6 nitrogen and oxygen atoms in total. The van der Waals surface area contributed by atoms with Gasteiger partial charge in [-0.2, -0.15) is 0 Å². The number of nitrogens with one attached hydrogen (secondary N) is 1. The largest absolute Gasteiger partial charge is 0.372 e. The zero-order valence-corrected chi connectivity index (χ0v) is 14.0. The highest BCUT2D eigenvalue weighted by Gasteiger charge is 2.11. The molecule has 0 bridgehead atoms. The number of hydrogen-bond donors (Lipinski definition) is 1. The second kappa shape index (κ2) is 7.79. The molecule has 2 aromatic carbocycles. The maximum Gasteiger partial charge on any atom is 0.269 e. The molecule has 0 radical (unpaired) electrons. The second-order valence-electron chi connectivity index (χ2n) is 6.24. The van der Waals surface area contributed by atoms with Gasteiger partial charge in [-0.25, -0.2) is 0 Å². The molecule has 0 saturated carbocycles. The number of rotatable bonds is 5. The van der Waals surface area contributed by atoms with Crippen molar-refractivity contribution in [1.29, 1.82) is 0 Å². The van der Waals surface area contributed by atoms with Gasteiger partial charge in [0.25, 0.3) is 5.69 Å². The van der Waals surface area contributed by atoms with Gasteiger partial charge in [0.15, 0.2) is 0 Å². The molecule has 0 spiro atoms. The van der Waals surface area contributed by atoms with Crippen LogP contribution in [0.2, 0.25) is 0 Å². The van der Waals surface area contributed by atoms with E-state index >= 15 is 0 Å². The van der Waals surface area contributed by atoms with E-state index in [0.29, 0.717) is 0 Å². The third-order valence-electron chi connectivity index (χ3n) is 4.38. The molecule has 3 rings (SSSR count). The number of carbonyl (C=O) groups is 1. The van der Waals surface area contributed by atoms with Crippen LogP contribution in [0.4, 0.5) is 17.1 Å². The highest BCUT2D eigenvalue weighted by atomic mass is 16.6. The SMILES string of the molecule is O=C(Cc1ccc([N+](=O)[O-])cc1)Nc1ccc(N2CCCCC2)cc1. The third kappa shape index (κ3) is 4.56. The minimum Gasteiger partial charge on any atom is -0.372 e. The summed E-state index contributed by atoms with van der Waals surface area (Å²) in [5, 5.41) is 13.5. The van der Waals surface area contributed by atoms with Gasteiger partial charge < -0.3 is 10.2 Å². The molecule has 1 aliphatic rings. The zero-order chi connectivity index (χ0) is 17.6. The van der Waals surface area contributed by atoms with Crippen molar-refractivity contribution in [3.05, 3.63) is 64.2 Å². The summed E-state index contributed by atoms with van der Waals surface area (Å²) in [5.41, 5.74) is 2.71. The third-order valence-corrected chi connectivity index (χ3v) is 4.38. The average Bonchev–Trinajstić information content (AvgIpc) is 2.63. The van der Waals surface area contributed by atoms with Crippen LogP contribution in [-0.4, -0.2) is 23.9 Å². The van der Waals surface area contributed by atoms with Crippen LogP contribution in [0.25, 0.3) is 0 Å². The number of hydrogen-bond acceptors (Lipinski definition) is 4. The van der Waals surface area contributed by atoms with Gasteiger partial charge in [-0.15, -0.1) is 0 Å². The fourth-order valence-electron chi connectivity index (χ4n) is 3.03. The molecule has 1 N–H and O–H groups in total. The molecule has 0 aromatic heterocycles. The summed E-state index contributed by atoms with van der Waals surface area (Å²) in [7, 11) is 0. The van der Waals surface area contributed by atoms with Crippen LogP contribution in [-0.2, 0) is 11.2 Å². The van der Waals surface area contributed by atoms with Crippen LogP contribution in [0.5, 0.6) is 0 Å². The fraction of sp³-hybridized carbons (Fsp3) is 0.316. The maximum atomic E-state index is 12.1. The van der Waals surface area contributed by atoms with Gasteiger partial charge in [0.2, 0.25) is 5.91 Å². The molecule has 6 heteroatoms. The number of nitrogens with zero attached hydrogens (tertiary/aromatic N) is 2. The standard InChI is InChI=1S/C19H21N3O3/c23-19(14-15-4-8-18(9-5-15)22(24)25)20-16-6-10-17(11-7-16)21-12-2-1-3-13-21/h4-11H,1-3,12-14H2,(H,20,23). The molecule has 1 heterocycles. The van der Waals surface area contributed by atoms with Crippen LogP contribution < -0.4 is 10.2 Å².